The molecule has 5 heteroatoms. The molecule has 2 rings (SSSR count). The van der Waals surface area contributed by atoms with Gasteiger partial charge in [0.15, 0.2) is 0 Å². The molecule has 21 heavy (non-hydrogen) atoms. The van der Waals surface area contributed by atoms with Crippen LogP contribution in [0.25, 0.3) is 0 Å². The minimum atomic E-state index is -0.820. The maximum atomic E-state index is 11.9. The second-order valence-electron chi connectivity index (χ2n) is 5.99. The Balaban J connectivity index is 1.76. The number of nitrogens with one attached hydrogen (secondary N) is 1. The summed E-state index contributed by atoms with van der Waals surface area (Å²) in [6.07, 6.45) is 5.90. The minimum absolute atomic E-state index is 0.00111. The van der Waals surface area contributed by atoms with Crippen molar-refractivity contribution in [2.75, 3.05) is 13.2 Å². The van der Waals surface area contributed by atoms with Crippen molar-refractivity contribution in [2.45, 2.75) is 44.1 Å². The van der Waals surface area contributed by atoms with E-state index < -0.39 is 5.60 Å². The SMILES string of the molecule is O=C(CC1(O)CCCC1)NCC(CO)Cc1ccccn1. The Morgan fingerprint density at radius 2 is 2.14 bits per heavy atom. The molecule has 1 fully saturated rings. The van der Waals surface area contributed by atoms with E-state index in [1.807, 2.05) is 18.2 Å². The number of pyridine rings is 1. The number of rotatable bonds is 7. The molecule has 0 saturated heterocycles. The van der Waals surface area contributed by atoms with Crippen molar-refractivity contribution in [1.82, 2.24) is 10.3 Å². The van der Waals surface area contributed by atoms with Gasteiger partial charge >= 0.3 is 0 Å². The first-order valence-electron chi connectivity index (χ1n) is 7.61. The second kappa shape index (κ2) is 7.52. The van der Waals surface area contributed by atoms with Gasteiger partial charge in [-0.05, 0) is 31.4 Å². The van der Waals surface area contributed by atoms with E-state index in [0.717, 1.165) is 18.5 Å². The standard InChI is InChI=1S/C16H24N2O3/c19-12-13(9-14-5-1-4-8-17-14)11-18-15(20)10-16(21)6-2-3-7-16/h1,4-5,8,13,19,21H,2-3,6-7,9-12H2,(H,18,20). The van der Waals surface area contributed by atoms with Crippen LogP contribution in [0.4, 0.5) is 0 Å². The number of aliphatic hydroxyl groups is 2. The second-order valence-corrected chi connectivity index (χ2v) is 5.99. The lowest BCUT2D eigenvalue weighted by Gasteiger charge is -2.22. The molecule has 116 valence electrons. The normalized spacial score (nSPS) is 18.4. The fourth-order valence-electron chi connectivity index (χ4n) is 2.85. The van der Waals surface area contributed by atoms with Crippen LogP contribution in [0.3, 0.4) is 0 Å². The van der Waals surface area contributed by atoms with Crippen LogP contribution in [-0.2, 0) is 11.2 Å². The van der Waals surface area contributed by atoms with Crippen molar-refractivity contribution in [3.63, 3.8) is 0 Å². The van der Waals surface area contributed by atoms with Crippen molar-refractivity contribution in [3.8, 4) is 0 Å². The van der Waals surface area contributed by atoms with Crippen LogP contribution >= 0.6 is 0 Å². The molecule has 1 aliphatic carbocycles. The van der Waals surface area contributed by atoms with Gasteiger partial charge in [0.2, 0.25) is 5.91 Å². The van der Waals surface area contributed by atoms with E-state index in [9.17, 15) is 15.0 Å². The average molecular weight is 292 g/mol. The lowest BCUT2D eigenvalue weighted by atomic mass is 9.97. The van der Waals surface area contributed by atoms with Gasteiger partial charge in [-0.25, -0.2) is 0 Å². The van der Waals surface area contributed by atoms with Gasteiger partial charge in [0.05, 0.1) is 12.0 Å². The summed E-state index contributed by atoms with van der Waals surface area (Å²) in [4.78, 5) is 16.1. The van der Waals surface area contributed by atoms with E-state index in [4.69, 9.17) is 0 Å². The molecular weight excluding hydrogens is 268 g/mol. The Bertz CT molecular complexity index is 444. The molecule has 1 amide bonds. The molecule has 5 nitrogen and oxygen atoms in total. The topological polar surface area (TPSA) is 82.5 Å². The molecule has 1 heterocycles. The first-order chi connectivity index (χ1) is 10.1. The minimum Gasteiger partial charge on any atom is -0.396 e. The van der Waals surface area contributed by atoms with Crippen molar-refractivity contribution >= 4 is 5.91 Å². The summed E-state index contributed by atoms with van der Waals surface area (Å²) in [6, 6.07) is 5.66. The smallest absolute Gasteiger partial charge is 0.222 e. The van der Waals surface area contributed by atoms with Crippen LogP contribution in [0.1, 0.15) is 37.8 Å². The van der Waals surface area contributed by atoms with Crippen LogP contribution in [-0.4, -0.2) is 39.9 Å². The zero-order chi connectivity index (χ0) is 15.1. The van der Waals surface area contributed by atoms with Gasteiger partial charge in [-0.15, -0.1) is 0 Å². The molecule has 0 bridgehead atoms. The molecule has 1 aromatic heterocycles. The molecular formula is C16H24N2O3. The first kappa shape index (κ1) is 15.9. The Morgan fingerprint density at radius 3 is 2.76 bits per heavy atom. The summed E-state index contributed by atoms with van der Waals surface area (Å²) in [5, 5.41) is 22.4. The zero-order valence-electron chi connectivity index (χ0n) is 12.3. The number of amides is 1. The number of nitrogens with zero attached hydrogens (tertiary/aromatic N) is 1. The highest BCUT2D eigenvalue weighted by atomic mass is 16.3. The van der Waals surface area contributed by atoms with Gasteiger partial charge in [-0.3, -0.25) is 9.78 Å². The molecule has 0 spiro atoms. The number of carbonyl (C=O) groups is 1. The number of hydrogen-bond donors (Lipinski definition) is 3. The van der Waals surface area contributed by atoms with Gasteiger partial charge in [0.25, 0.3) is 0 Å². The van der Waals surface area contributed by atoms with E-state index in [0.29, 0.717) is 25.8 Å². The van der Waals surface area contributed by atoms with Gasteiger partial charge < -0.3 is 15.5 Å². The molecule has 1 aromatic rings. The lowest BCUT2D eigenvalue weighted by Crippen LogP contribution is -2.37. The van der Waals surface area contributed by atoms with Crippen molar-refractivity contribution in [1.29, 1.82) is 0 Å². The van der Waals surface area contributed by atoms with Crippen molar-refractivity contribution in [2.24, 2.45) is 5.92 Å². The van der Waals surface area contributed by atoms with Gasteiger partial charge in [-0.2, -0.15) is 0 Å². The fourth-order valence-corrected chi connectivity index (χ4v) is 2.85. The molecule has 3 N–H and O–H groups in total. The summed E-state index contributed by atoms with van der Waals surface area (Å²) < 4.78 is 0. The van der Waals surface area contributed by atoms with Crippen LogP contribution in [0.5, 0.6) is 0 Å². The highest BCUT2D eigenvalue weighted by molar-refractivity contribution is 5.77. The van der Waals surface area contributed by atoms with Gasteiger partial charge in [0, 0.05) is 31.0 Å². The predicted octanol–water partition coefficient (Wildman–Crippen LogP) is 1.04. The summed E-state index contributed by atoms with van der Waals surface area (Å²) >= 11 is 0. The monoisotopic (exact) mass is 292 g/mol. The Labute approximate surface area is 125 Å². The van der Waals surface area contributed by atoms with Crippen molar-refractivity contribution in [3.05, 3.63) is 30.1 Å². The number of aliphatic hydroxyl groups excluding tert-OH is 1. The third-order valence-electron chi connectivity index (χ3n) is 4.09. The maximum Gasteiger partial charge on any atom is 0.222 e. The lowest BCUT2D eigenvalue weighted by molar-refractivity contribution is -0.126. The molecule has 1 saturated carbocycles. The molecule has 0 radical (unpaired) electrons. The molecule has 0 aliphatic heterocycles. The quantitative estimate of drug-likeness (QED) is 0.701. The third kappa shape index (κ3) is 5.10. The van der Waals surface area contributed by atoms with Gasteiger partial charge in [-0.1, -0.05) is 18.9 Å². The van der Waals surface area contributed by atoms with Crippen molar-refractivity contribution < 1.29 is 15.0 Å². The van der Waals surface area contributed by atoms with Crippen LogP contribution < -0.4 is 5.32 Å². The summed E-state index contributed by atoms with van der Waals surface area (Å²) in [5.41, 5.74) is 0.0833. The van der Waals surface area contributed by atoms with Crippen LogP contribution in [0.15, 0.2) is 24.4 Å². The summed E-state index contributed by atoms with van der Waals surface area (Å²) in [6.45, 7) is 0.406. The van der Waals surface area contributed by atoms with E-state index in [2.05, 4.69) is 10.3 Å². The summed E-state index contributed by atoms with van der Waals surface area (Å²) in [7, 11) is 0. The first-order valence-corrected chi connectivity index (χ1v) is 7.61. The van der Waals surface area contributed by atoms with Crippen LogP contribution in [0.2, 0.25) is 0 Å². The molecule has 1 atom stereocenters. The maximum absolute atomic E-state index is 11.9. The highest BCUT2D eigenvalue weighted by Gasteiger charge is 2.33. The van der Waals surface area contributed by atoms with E-state index in [-0.39, 0.29) is 24.9 Å². The molecule has 1 aliphatic rings. The number of aromatic nitrogens is 1. The Morgan fingerprint density at radius 1 is 1.38 bits per heavy atom. The van der Waals surface area contributed by atoms with Crippen LogP contribution in [0, 0.1) is 5.92 Å². The van der Waals surface area contributed by atoms with Gasteiger partial charge in [0.1, 0.15) is 0 Å². The molecule has 0 aromatic carbocycles. The van der Waals surface area contributed by atoms with E-state index in [1.165, 1.54) is 0 Å². The largest absolute Gasteiger partial charge is 0.396 e. The Hall–Kier alpha value is -1.46. The summed E-state index contributed by atoms with van der Waals surface area (Å²) in [5.74, 6) is -0.194. The number of carbonyl (C=O) groups excluding carboxylic acids is 1. The third-order valence-corrected chi connectivity index (χ3v) is 4.09. The number of hydrogen-bond acceptors (Lipinski definition) is 4. The highest BCUT2D eigenvalue weighted by Crippen LogP contribution is 2.32. The van der Waals surface area contributed by atoms with E-state index in [1.54, 1.807) is 6.20 Å². The molecule has 1 unspecified atom stereocenters. The Kier molecular flexibility index (Phi) is 5.70. The predicted molar refractivity (Wildman–Crippen MR) is 79.6 cm³/mol. The average Bonchev–Trinajstić information content (AvgIpc) is 2.90. The fraction of sp³-hybridized carbons (Fsp3) is 0.625. The van der Waals surface area contributed by atoms with E-state index >= 15 is 0 Å². The zero-order valence-corrected chi connectivity index (χ0v) is 12.3.